The molecule has 1 aliphatic rings. The van der Waals surface area contributed by atoms with Gasteiger partial charge >= 0.3 is 6.03 Å². The van der Waals surface area contributed by atoms with Gasteiger partial charge in [0.2, 0.25) is 5.91 Å². The number of benzene rings is 2. The SMILES string of the molecule is C[C@@H]1CCCN1C(=O)N(Cc1ccccc1-n1cnnn1)C(=O)[C@H](N)Cc1ccccc1. The van der Waals surface area contributed by atoms with Gasteiger partial charge in [-0.05, 0) is 53.8 Å². The fourth-order valence-electron chi connectivity index (χ4n) is 4.08. The number of carbonyl (C=O) groups is 2. The average molecular weight is 434 g/mol. The van der Waals surface area contributed by atoms with Crippen LogP contribution in [0.5, 0.6) is 0 Å². The van der Waals surface area contributed by atoms with Gasteiger partial charge in [0.25, 0.3) is 0 Å². The van der Waals surface area contributed by atoms with Crippen molar-refractivity contribution in [3.63, 3.8) is 0 Å². The summed E-state index contributed by atoms with van der Waals surface area (Å²) in [4.78, 5) is 30.0. The topological polar surface area (TPSA) is 110 Å². The molecule has 166 valence electrons. The molecule has 1 aliphatic heterocycles. The van der Waals surface area contributed by atoms with E-state index < -0.39 is 11.9 Å². The Morgan fingerprint density at radius 1 is 1.16 bits per heavy atom. The number of aromatic nitrogens is 4. The Hall–Kier alpha value is -3.59. The van der Waals surface area contributed by atoms with Gasteiger partial charge in [0, 0.05) is 12.6 Å². The third-order valence-electron chi connectivity index (χ3n) is 5.83. The molecule has 2 atom stereocenters. The summed E-state index contributed by atoms with van der Waals surface area (Å²) in [7, 11) is 0. The summed E-state index contributed by atoms with van der Waals surface area (Å²) in [5, 5.41) is 11.3. The Labute approximate surface area is 186 Å². The first-order valence-electron chi connectivity index (χ1n) is 10.8. The van der Waals surface area contributed by atoms with E-state index in [0.717, 1.165) is 24.0 Å². The zero-order valence-corrected chi connectivity index (χ0v) is 18.0. The molecule has 2 aromatic carbocycles. The van der Waals surface area contributed by atoms with Crippen LogP contribution >= 0.6 is 0 Å². The second-order valence-corrected chi connectivity index (χ2v) is 8.07. The van der Waals surface area contributed by atoms with Gasteiger partial charge in [-0.1, -0.05) is 48.5 Å². The molecule has 3 aromatic rings. The number of carbonyl (C=O) groups excluding carboxylic acids is 2. The van der Waals surface area contributed by atoms with Crippen molar-refractivity contribution < 1.29 is 9.59 Å². The van der Waals surface area contributed by atoms with E-state index in [4.69, 9.17) is 5.73 Å². The first-order valence-corrected chi connectivity index (χ1v) is 10.8. The maximum atomic E-state index is 13.5. The summed E-state index contributed by atoms with van der Waals surface area (Å²) < 4.78 is 1.52. The molecule has 9 heteroatoms. The van der Waals surface area contributed by atoms with Crippen molar-refractivity contribution in [3.05, 3.63) is 72.1 Å². The van der Waals surface area contributed by atoms with Crippen LogP contribution in [0.4, 0.5) is 4.79 Å². The van der Waals surface area contributed by atoms with Gasteiger partial charge < -0.3 is 10.6 Å². The lowest BCUT2D eigenvalue weighted by Gasteiger charge is -2.31. The largest absolute Gasteiger partial charge is 0.327 e. The smallest absolute Gasteiger partial charge is 0.322 e. The van der Waals surface area contributed by atoms with Gasteiger partial charge in [-0.15, -0.1) is 5.10 Å². The predicted molar refractivity (Wildman–Crippen MR) is 119 cm³/mol. The summed E-state index contributed by atoms with van der Waals surface area (Å²) in [6.07, 6.45) is 3.68. The second kappa shape index (κ2) is 9.69. The van der Waals surface area contributed by atoms with Crippen molar-refractivity contribution in [2.75, 3.05) is 6.54 Å². The van der Waals surface area contributed by atoms with E-state index in [1.54, 1.807) is 4.90 Å². The fraction of sp³-hybridized carbons (Fsp3) is 0.348. The fourth-order valence-corrected chi connectivity index (χ4v) is 4.08. The molecule has 0 radical (unpaired) electrons. The molecule has 2 heterocycles. The van der Waals surface area contributed by atoms with Crippen LogP contribution in [0.3, 0.4) is 0 Å². The standard InChI is InChI=1S/C23H27N7O2/c1-17-8-7-13-28(17)23(32)29(22(31)20(24)14-18-9-3-2-4-10-18)15-19-11-5-6-12-21(19)30-16-25-26-27-30/h2-6,9-12,16-17,20H,7-8,13-15,24H2,1H3/t17-,20-/m1/s1. The van der Waals surface area contributed by atoms with E-state index in [1.165, 1.54) is 15.9 Å². The van der Waals surface area contributed by atoms with Gasteiger partial charge in [-0.2, -0.15) is 0 Å². The monoisotopic (exact) mass is 433 g/mol. The summed E-state index contributed by atoms with van der Waals surface area (Å²) in [5.41, 5.74) is 8.71. The minimum atomic E-state index is -0.834. The van der Waals surface area contributed by atoms with Gasteiger partial charge in [0.1, 0.15) is 6.33 Å². The number of nitrogens with zero attached hydrogens (tertiary/aromatic N) is 6. The van der Waals surface area contributed by atoms with Crippen molar-refractivity contribution in [2.24, 2.45) is 5.73 Å². The normalized spacial score (nSPS) is 16.7. The third kappa shape index (κ3) is 4.67. The quantitative estimate of drug-likeness (QED) is 0.638. The van der Waals surface area contributed by atoms with E-state index in [9.17, 15) is 9.59 Å². The number of urea groups is 1. The van der Waals surface area contributed by atoms with Crippen molar-refractivity contribution in [3.8, 4) is 5.69 Å². The number of likely N-dealkylation sites (tertiary alicyclic amines) is 1. The van der Waals surface area contributed by atoms with Crippen LogP contribution < -0.4 is 5.73 Å². The molecule has 0 bridgehead atoms. The second-order valence-electron chi connectivity index (χ2n) is 8.07. The van der Waals surface area contributed by atoms with Crippen LogP contribution in [0.2, 0.25) is 0 Å². The van der Waals surface area contributed by atoms with E-state index in [-0.39, 0.29) is 18.6 Å². The van der Waals surface area contributed by atoms with Crippen molar-refractivity contribution >= 4 is 11.9 Å². The highest BCUT2D eigenvalue weighted by Crippen LogP contribution is 2.22. The number of hydrogen-bond acceptors (Lipinski definition) is 6. The summed E-state index contributed by atoms with van der Waals surface area (Å²) in [6.45, 7) is 2.72. The number of tetrazole rings is 1. The van der Waals surface area contributed by atoms with Crippen LogP contribution in [-0.2, 0) is 17.8 Å². The van der Waals surface area contributed by atoms with Crippen molar-refractivity contribution in [2.45, 2.75) is 44.8 Å². The van der Waals surface area contributed by atoms with Crippen LogP contribution in [0.25, 0.3) is 5.69 Å². The molecule has 0 saturated carbocycles. The lowest BCUT2D eigenvalue weighted by molar-refractivity contribution is -0.130. The minimum absolute atomic E-state index is 0.0814. The van der Waals surface area contributed by atoms with Crippen molar-refractivity contribution in [1.29, 1.82) is 0 Å². The molecule has 9 nitrogen and oxygen atoms in total. The molecule has 0 spiro atoms. The first kappa shape index (κ1) is 21.6. The van der Waals surface area contributed by atoms with Gasteiger partial charge in [0.15, 0.2) is 0 Å². The lowest BCUT2D eigenvalue weighted by Crippen LogP contribution is -2.52. The molecular formula is C23H27N7O2. The van der Waals surface area contributed by atoms with Crippen LogP contribution in [-0.4, -0.2) is 60.6 Å². The molecule has 3 amide bonds. The molecular weight excluding hydrogens is 406 g/mol. The summed E-state index contributed by atoms with van der Waals surface area (Å²) in [6, 6.07) is 15.9. The lowest BCUT2D eigenvalue weighted by atomic mass is 10.0. The molecule has 0 aliphatic carbocycles. The maximum Gasteiger partial charge on any atom is 0.327 e. The van der Waals surface area contributed by atoms with Crippen LogP contribution in [0.15, 0.2) is 60.9 Å². The van der Waals surface area contributed by atoms with Gasteiger partial charge in [-0.3, -0.25) is 9.69 Å². The Morgan fingerprint density at radius 2 is 1.91 bits per heavy atom. The minimum Gasteiger partial charge on any atom is -0.322 e. The molecule has 1 saturated heterocycles. The zero-order valence-electron chi connectivity index (χ0n) is 18.0. The first-order chi connectivity index (χ1) is 15.5. The average Bonchev–Trinajstić information content (AvgIpc) is 3.49. The molecule has 1 aromatic heterocycles. The van der Waals surface area contributed by atoms with Crippen LogP contribution in [0, 0.1) is 0 Å². The number of rotatable bonds is 6. The summed E-state index contributed by atoms with van der Waals surface area (Å²) >= 11 is 0. The molecule has 4 rings (SSSR count). The molecule has 1 fully saturated rings. The number of nitrogens with two attached hydrogens (primary N) is 1. The molecule has 0 unspecified atom stereocenters. The Morgan fingerprint density at radius 3 is 2.59 bits per heavy atom. The van der Waals surface area contributed by atoms with E-state index >= 15 is 0 Å². The van der Waals surface area contributed by atoms with Crippen molar-refractivity contribution in [1.82, 2.24) is 30.0 Å². The number of hydrogen-bond donors (Lipinski definition) is 1. The van der Waals surface area contributed by atoms with E-state index in [2.05, 4.69) is 15.5 Å². The van der Waals surface area contributed by atoms with E-state index in [1.807, 2.05) is 61.5 Å². The summed E-state index contributed by atoms with van der Waals surface area (Å²) in [5.74, 6) is -0.399. The molecule has 32 heavy (non-hydrogen) atoms. The third-order valence-corrected chi connectivity index (χ3v) is 5.83. The Kier molecular flexibility index (Phi) is 6.55. The van der Waals surface area contributed by atoms with Crippen LogP contribution in [0.1, 0.15) is 30.9 Å². The van der Waals surface area contributed by atoms with Gasteiger partial charge in [-0.25, -0.2) is 9.48 Å². The van der Waals surface area contributed by atoms with E-state index in [0.29, 0.717) is 18.7 Å². The Bertz CT molecular complexity index is 1060. The zero-order chi connectivity index (χ0) is 22.5. The number of para-hydroxylation sites is 1. The predicted octanol–water partition coefficient (Wildman–Crippen LogP) is 2.17. The highest BCUT2D eigenvalue weighted by Gasteiger charge is 2.34. The number of amides is 3. The number of imide groups is 1. The highest BCUT2D eigenvalue weighted by atomic mass is 16.2. The maximum absolute atomic E-state index is 13.5. The van der Waals surface area contributed by atoms with Gasteiger partial charge in [0.05, 0.1) is 18.3 Å². The highest BCUT2D eigenvalue weighted by molar-refractivity contribution is 5.97. The molecule has 2 N–H and O–H groups in total. The Balaban J connectivity index is 1.63.